The number of thiazole rings is 1. The Hall–Kier alpha value is -1.76. The standard InChI is InChI=1S/C15H20FN5S/c1-9(14-19-11-6-4-5-7-12(11)22-14)18-15-17-8-10(16)13(20-15)21(2)3/h8-9H,4-7H2,1-3H3,(H,17,18,20). The van der Waals surface area contributed by atoms with E-state index in [1.165, 1.54) is 29.6 Å². The van der Waals surface area contributed by atoms with Crippen molar-refractivity contribution in [2.24, 2.45) is 0 Å². The van der Waals surface area contributed by atoms with E-state index in [-0.39, 0.29) is 11.9 Å². The Morgan fingerprint density at radius 3 is 2.77 bits per heavy atom. The molecule has 0 fully saturated rings. The van der Waals surface area contributed by atoms with Crippen molar-refractivity contribution in [1.82, 2.24) is 15.0 Å². The molecule has 5 nitrogen and oxygen atoms in total. The number of aromatic nitrogens is 3. The van der Waals surface area contributed by atoms with E-state index in [4.69, 9.17) is 4.98 Å². The second kappa shape index (κ2) is 6.16. The van der Waals surface area contributed by atoms with Crippen molar-refractivity contribution in [2.75, 3.05) is 24.3 Å². The van der Waals surface area contributed by atoms with Gasteiger partial charge in [0.25, 0.3) is 0 Å². The zero-order valence-corrected chi connectivity index (χ0v) is 13.9. The molecule has 2 aromatic heterocycles. The van der Waals surface area contributed by atoms with Gasteiger partial charge in [-0.05, 0) is 32.6 Å². The van der Waals surface area contributed by atoms with Crippen LogP contribution in [0.5, 0.6) is 0 Å². The third kappa shape index (κ3) is 3.04. The predicted octanol–water partition coefficient (Wildman–Crippen LogP) is 3.19. The molecular formula is C15H20FN5S. The van der Waals surface area contributed by atoms with Gasteiger partial charge in [0.2, 0.25) is 5.95 Å². The summed E-state index contributed by atoms with van der Waals surface area (Å²) in [4.78, 5) is 16.0. The largest absolute Gasteiger partial charge is 0.360 e. The normalized spacial score (nSPS) is 15.3. The van der Waals surface area contributed by atoms with Crippen LogP contribution in [0.15, 0.2) is 6.20 Å². The summed E-state index contributed by atoms with van der Waals surface area (Å²) in [5, 5.41) is 4.27. The maximum absolute atomic E-state index is 13.6. The zero-order chi connectivity index (χ0) is 15.7. The molecule has 7 heteroatoms. The average molecular weight is 321 g/mol. The van der Waals surface area contributed by atoms with Crippen LogP contribution < -0.4 is 10.2 Å². The van der Waals surface area contributed by atoms with Crippen LogP contribution in [0.3, 0.4) is 0 Å². The third-order valence-corrected chi connectivity index (χ3v) is 5.07. The Morgan fingerprint density at radius 2 is 2.05 bits per heavy atom. The lowest BCUT2D eigenvalue weighted by Gasteiger charge is -2.15. The quantitative estimate of drug-likeness (QED) is 0.937. The molecule has 3 rings (SSSR count). The van der Waals surface area contributed by atoms with Gasteiger partial charge in [-0.2, -0.15) is 4.98 Å². The van der Waals surface area contributed by atoms with Crippen LogP contribution in [0, 0.1) is 5.82 Å². The molecule has 1 atom stereocenters. The molecule has 0 saturated heterocycles. The van der Waals surface area contributed by atoms with Crippen molar-refractivity contribution in [3.63, 3.8) is 0 Å². The van der Waals surface area contributed by atoms with Crippen LogP contribution in [-0.2, 0) is 12.8 Å². The highest BCUT2D eigenvalue weighted by atomic mass is 32.1. The summed E-state index contributed by atoms with van der Waals surface area (Å²) >= 11 is 1.76. The van der Waals surface area contributed by atoms with E-state index < -0.39 is 5.82 Å². The fourth-order valence-electron chi connectivity index (χ4n) is 2.55. The number of nitrogens with one attached hydrogen (secondary N) is 1. The molecule has 0 bridgehead atoms. The number of halogens is 1. The van der Waals surface area contributed by atoms with Crippen LogP contribution in [0.1, 0.15) is 41.4 Å². The van der Waals surface area contributed by atoms with Gasteiger partial charge >= 0.3 is 0 Å². The molecule has 0 radical (unpaired) electrons. The minimum Gasteiger partial charge on any atom is -0.360 e. The summed E-state index contributed by atoms with van der Waals surface area (Å²) in [7, 11) is 3.51. The van der Waals surface area contributed by atoms with Gasteiger partial charge in [0.05, 0.1) is 17.9 Å². The number of nitrogens with zero attached hydrogens (tertiary/aromatic N) is 4. The van der Waals surface area contributed by atoms with E-state index in [1.807, 2.05) is 6.92 Å². The summed E-state index contributed by atoms with van der Waals surface area (Å²) in [5.74, 6) is 0.279. The minimum absolute atomic E-state index is 0.0103. The first-order valence-corrected chi connectivity index (χ1v) is 8.31. The predicted molar refractivity (Wildman–Crippen MR) is 87.1 cm³/mol. The molecule has 0 saturated carbocycles. The summed E-state index contributed by atoms with van der Waals surface area (Å²) in [6, 6.07) is 0.0103. The highest BCUT2D eigenvalue weighted by Crippen LogP contribution is 2.30. The van der Waals surface area contributed by atoms with Crippen LogP contribution in [-0.4, -0.2) is 29.0 Å². The minimum atomic E-state index is -0.423. The molecule has 0 aromatic carbocycles. The molecule has 2 aromatic rings. The van der Waals surface area contributed by atoms with Crippen molar-refractivity contribution in [3.8, 4) is 0 Å². The third-order valence-electron chi connectivity index (χ3n) is 3.73. The van der Waals surface area contributed by atoms with E-state index in [2.05, 4.69) is 15.3 Å². The Kier molecular flexibility index (Phi) is 4.24. The van der Waals surface area contributed by atoms with Crippen molar-refractivity contribution >= 4 is 23.1 Å². The summed E-state index contributed by atoms with van der Waals surface area (Å²) in [6.45, 7) is 2.03. The van der Waals surface area contributed by atoms with Gasteiger partial charge in [0.15, 0.2) is 11.6 Å². The molecule has 1 aliphatic carbocycles. The Morgan fingerprint density at radius 1 is 1.27 bits per heavy atom. The molecule has 0 aliphatic heterocycles. The first-order valence-electron chi connectivity index (χ1n) is 7.49. The van der Waals surface area contributed by atoms with Gasteiger partial charge in [0, 0.05) is 19.0 Å². The van der Waals surface area contributed by atoms with E-state index in [0.717, 1.165) is 17.8 Å². The number of rotatable bonds is 4. The van der Waals surface area contributed by atoms with E-state index >= 15 is 0 Å². The number of hydrogen-bond acceptors (Lipinski definition) is 6. The van der Waals surface area contributed by atoms with E-state index in [1.54, 1.807) is 30.3 Å². The summed E-state index contributed by atoms with van der Waals surface area (Å²) < 4.78 is 13.6. The number of hydrogen-bond donors (Lipinski definition) is 1. The molecule has 2 heterocycles. The van der Waals surface area contributed by atoms with Crippen molar-refractivity contribution in [3.05, 3.63) is 27.6 Å². The van der Waals surface area contributed by atoms with Crippen LogP contribution in [0.4, 0.5) is 16.2 Å². The molecule has 1 aliphatic rings. The number of aryl methyl sites for hydroxylation is 2. The van der Waals surface area contributed by atoms with Gasteiger partial charge in [-0.15, -0.1) is 11.3 Å². The summed E-state index contributed by atoms with van der Waals surface area (Å²) in [5.41, 5.74) is 1.24. The van der Waals surface area contributed by atoms with Gasteiger partial charge in [0.1, 0.15) is 5.01 Å². The van der Waals surface area contributed by atoms with Crippen molar-refractivity contribution in [1.29, 1.82) is 0 Å². The first kappa shape index (κ1) is 15.1. The number of anilines is 2. The van der Waals surface area contributed by atoms with Crippen LogP contribution in [0.25, 0.3) is 0 Å². The Bertz CT molecular complexity index is 646. The lowest BCUT2D eigenvalue weighted by Crippen LogP contribution is -2.16. The lowest BCUT2D eigenvalue weighted by atomic mass is 10.0. The first-order chi connectivity index (χ1) is 10.5. The molecule has 0 spiro atoms. The average Bonchev–Trinajstić information content (AvgIpc) is 2.93. The molecule has 22 heavy (non-hydrogen) atoms. The summed E-state index contributed by atoms with van der Waals surface area (Å²) in [6.07, 6.45) is 5.90. The highest BCUT2D eigenvalue weighted by molar-refractivity contribution is 7.11. The highest BCUT2D eigenvalue weighted by Gasteiger charge is 2.19. The Balaban J connectivity index is 1.78. The van der Waals surface area contributed by atoms with E-state index in [0.29, 0.717) is 5.95 Å². The molecule has 1 unspecified atom stereocenters. The van der Waals surface area contributed by atoms with E-state index in [9.17, 15) is 4.39 Å². The van der Waals surface area contributed by atoms with Gasteiger partial charge in [-0.1, -0.05) is 0 Å². The van der Waals surface area contributed by atoms with Crippen LogP contribution >= 0.6 is 11.3 Å². The van der Waals surface area contributed by atoms with Crippen molar-refractivity contribution < 1.29 is 4.39 Å². The second-order valence-corrected chi connectivity index (χ2v) is 6.87. The SMILES string of the molecule is CC(Nc1ncc(F)c(N(C)C)n1)c1nc2c(s1)CCCC2. The fourth-order valence-corrected chi connectivity index (χ4v) is 3.71. The molecule has 0 amide bonds. The number of fused-ring (bicyclic) bond motifs is 1. The molecule has 1 N–H and O–H groups in total. The maximum atomic E-state index is 13.6. The molecule has 118 valence electrons. The fraction of sp³-hybridized carbons (Fsp3) is 0.533. The Labute approximate surface area is 133 Å². The smallest absolute Gasteiger partial charge is 0.225 e. The second-order valence-electron chi connectivity index (χ2n) is 5.75. The molecular weight excluding hydrogens is 301 g/mol. The zero-order valence-electron chi connectivity index (χ0n) is 13.1. The monoisotopic (exact) mass is 321 g/mol. The van der Waals surface area contributed by atoms with Gasteiger partial charge < -0.3 is 10.2 Å². The van der Waals surface area contributed by atoms with Crippen LogP contribution in [0.2, 0.25) is 0 Å². The van der Waals surface area contributed by atoms with Gasteiger partial charge in [-0.3, -0.25) is 0 Å². The van der Waals surface area contributed by atoms with Gasteiger partial charge in [-0.25, -0.2) is 14.4 Å². The topological polar surface area (TPSA) is 53.9 Å². The van der Waals surface area contributed by atoms with Crippen molar-refractivity contribution in [2.45, 2.75) is 38.6 Å². The maximum Gasteiger partial charge on any atom is 0.225 e. The lowest BCUT2D eigenvalue weighted by molar-refractivity contribution is 0.611.